The van der Waals surface area contributed by atoms with Crippen LogP contribution in [-0.2, 0) is 21.2 Å². The second-order valence-corrected chi connectivity index (χ2v) is 8.00. The van der Waals surface area contributed by atoms with E-state index in [1.165, 1.54) is 14.2 Å². The van der Waals surface area contributed by atoms with Crippen LogP contribution in [0.15, 0.2) is 18.2 Å². The van der Waals surface area contributed by atoms with Crippen molar-refractivity contribution in [3.05, 3.63) is 29.3 Å². The first-order chi connectivity index (χ1) is 15.2. The van der Waals surface area contributed by atoms with E-state index in [9.17, 15) is 9.46 Å². The molecule has 2 aromatic heterocycles. The molecule has 1 aromatic carbocycles. The highest BCUT2D eigenvalue weighted by molar-refractivity contribution is 7.32. The molecule has 0 aliphatic carbocycles. The molecule has 3 rings (SSSR count). The quantitative estimate of drug-likeness (QED) is 0.370. The predicted octanol–water partition coefficient (Wildman–Crippen LogP) is 1.48. The molecule has 0 saturated heterocycles. The van der Waals surface area contributed by atoms with Crippen LogP contribution in [0, 0.1) is 0 Å². The van der Waals surface area contributed by atoms with Crippen LogP contribution in [0.25, 0.3) is 11.2 Å². The number of anilines is 1. The van der Waals surface area contributed by atoms with Crippen molar-refractivity contribution in [3.63, 3.8) is 0 Å². The van der Waals surface area contributed by atoms with Crippen molar-refractivity contribution in [3.8, 4) is 17.8 Å². The Morgan fingerprint density at radius 1 is 1.16 bits per heavy atom. The number of nitrogen functional groups attached to an aromatic ring is 1. The van der Waals surface area contributed by atoms with E-state index < -0.39 is 13.9 Å². The zero-order chi connectivity index (χ0) is 23.5. The topological polar surface area (TPSA) is 164 Å². The van der Waals surface area contributed by atoms with Crippen LogP contribution in [-0.4, -0.2) is 57.0 Å². The SMILES string of the molecule is COc1cc(Cn2c(OC)nc3c(N)nc(OCCO)nc32)cc(C(C)(C)O[PH](=O)O)c1. The van der Waals surface area contributed by atoms with Crippen LogP contribution in [0.2, 0.25) is 0 Å². The van der Waals surface area contributed by atoms with Crippen LogP contribution in [0.5, 0.6) is 17.8 Å². The molecule has 0 amide bonds. The van der Waals surface area contributed by atoms with Gasteiger partial charge in [-0.25, -0.2) is 0 Å². The number of aliphatic hydroxyl groups excluding tert-OH is 1. The largest absolute Gasteiger partial charge is 0.497 e. The van der Waals surface area contributed by atoms with Crippen LogP contribution >= 0.6 is 8.25 Å². The lowest BCUT2D eigenvalue weighted by Crippen LogP contribution is -2.19. The van der Waals surface area contributed by atoms with Crippen molar-refractivity contribution in [2.24, 2.45) is 0 Å². The Kier molecular flexibility index (Phi) is 7.19. The van der Waals surface area contributed by atoms with Crippen molar-refractivity contribution >= 4 is 25.2 Å². The first kappa shape index (κ1) is 23.7. The smallest absolute Gasteiger partial charge is 0.320 e. The predicted molar refractivity (Wildman–Crippen MR) is 116 cm³/mol. The van der Waals surface area contributed by atoms with Crippen LogP contribution < -0.4 is 19.9 Å². The average Bonchev–Trinajstić information content (AvgIpc) is 3.09. The van der Waals surface area contributed by atoms with Gasteiger partial charge in [-0.3, -0.25) is 13.7 Å². The Balaban J connectivity index is 2.09. The Hall–Kier alpha value is -2.92. The molecule has 2 heterocycles. The molecule has 0 saturated carbocycles. The van der Waals surface area contributed by atoms with Gasteiger partial charge in [0.25, 0.3) is 6.01 Å². The van der Waals surface area contributed by atoms with Gasteiger partial charge in [0.1, 0.15) is 12.4 Å². The summed E-state index contributed by atoms with van der Waals surface area (Å²) in [6.45, 7) is 3.45. The number of imidazole rings is 1. The minimum absolute atomic E-state index is 0.00166. The average molecular weight is 467 g/mol. The number of hydrogen-bond donors (Lipinski definition) is 3. The van der Waals surface area contributed by atoms with Crippen molar-refractivity contribution in [1.82, 2.24) is 19.5 Å². The number of benzene rings is 1. The maximum Gasteiger partial charge on any atom is 0.320 e. The van der Waals surface area contributed by atoms with Gasteiger partial charge in [0.05, 0.1) is 33.0 Å². The van der Waals surface area contributed by atoms with Crippen LogP contribution in [0.3, 0.4) is 0 Å². The molecule has 3 aromatic rings. The molecule has 0 aliphatic heterocycles. The molecule has 0 bridgehead atoms. The van der Waals surface area contributed by atoms with Gasteiger partial charge in [0.2, 0.25) is 0 Å². The number of hydrogen-bond acceptors (Lipinski definition) is 10. The monoisotopic (exact) mass is 467 g/mol. The summed E-state index contributed by atoms with van der Waals surface area (Å²) in [5, 5.41) is 8.99. The molecule has 1 unspecified atom stereocenters. The molecule has 4 N–H and O–H groups in total. The first-order valence-electron chi connectivity index (χ1n) is 9.60. The third kappa shape index (κ3) is 5.10. The molecule has 13 heteroatoms. The van der Waals surface area contributed by atoms with Crippen LogP contribution in [0.4, 0.5) is 5.82 Å². The molecule has 174 valence electrons. The van der Waals surface area contributed by atoms with Crippen molar-refractivity contribution in [2.75, 3.05) is 33.2 Å². The fraction of sp³-hybridized carbons (Fsp3) is 0.421. The second-order valence-electron chi connectivity index (χ2n) is 7.27. The highest BCUT2D eigenvalue weighted by Gasteiger charge is 2.26. The summed E-state index contributed by atoms with van der Waals surface area (Å²) in [4.78, 5) is 22.0. The summed E-state index contributed by atoms with van der Waals surface area (Å²) in [5.41, 5.74) is 7.11. The number of fused-ring (bicyclic) bond motifs is 1. The molecule has 1 atom stereocenters. The molecular formula is C19H26N5O7P. The summed E-state index contributed by atoms with van der Waals surface area (Å²) in [5.74, 6) is 0.644. The van der Waals surface area contributed by atoms with E-state index in [0.717, 1.165) is 5.56 Å². The maximum atomic E-state index is 11.3. The van der Waals surface area contributed by atoms with E-state index in [1.54, 1.807) is 30.5 Å². The minimum Gasteiger partial charge on any atom is -0.497 e. The molecule has 32 heavy (non-hydrogen) atoms. The lowest BCUT2D eigenvalue weighted by molar-refractivity contribution is 0.102. The number of aromatic nitrogens is 4. The fourth-order valence-corrected chi connectivity index (χ4v) is 3.71. The zero-order valence-corrected chi connectivity index (χ0v) is 19.2. The van der Waals surface area contributed by atoms with E-state index in [1.807, 2.05) is 6.07 Å². The lowest BCUT2D eigenvalue weighted by atomic mass is 9.96. The van der Waals surface area contributed by atoms with E-state index >= 15 is 0 Å². The van der Waals surface area contributed by atoms with Gasteiger partial charge < -0.3 is 29.9 Å². The van der Waals surface area contributed by atoms with E-state index in [0.29, 0.717) is 22.5 Å². The molecule has 0 aliphatic rings. The number of ether oxygens (including phenoxy) is 3. The molecule has 12 nitrogen and oxygen atoms in total. The standard InChI is InChI=1S/C19H26N5O7P/c1-19(2,31-32(26)27)12-7-11(8-13(9-12)28-3)10-24-16-14(21-18(24)29-4)15(20)22-17(23-16)30-6-5-25/h7-9,25,32H,5-6,10H2,1-4H3,(H,26,27)(H2,20,22,23). The molecule has 0 spiro atoms. The number of nitrogens with two attached hydrogens (primary N) is 1. The number of methoxy groups -OCH3 is 2. The normalized spacial score (nSPS) is 12.7. The lowest BCUT2D eigenvalue weighted by Gasteiger charge is -2.25. The van der Waals surface area contributed by atoms with E-state index in [2.05, 4.69) is 15.0 Å². The number of aliphatic hydroxyl groups is 1. The fourth-order valence-electron chi connectivity index (χ4n) is 3.16. The highest BCUT2D eigenvalue weighted by atomic mass is 31.1. The summed E-state index contributed by atoms with van der Waals surface area (Å²) in [6, 6.07) is 5.62. The van der Waals surface area contributed by atoms with Crippen molar-refractivity contribution < 1.29 is 33.3 Å². The van der Waals surface area contributed by atoms with Gasteiger partial charge >= 0.3 is 14.3 Å². The minimum atomic E-state index is -3.16. The summed E-state index contributed by atoms with van der Waals surface area (Å²) in [7, 11) is -0.170. The zero-order valence-electron chi connectivity index (χ0n) is 18.2. The van der Waals surface area contributed by atoms with Crippen LogP contribution in [0.1, 0.15) is 25.0 Å². The molecular weight excluding hydrogens is 441 g/mol. The van der Waals surface area contributed by atoms with Crippen molar-refractivity contribution in [1.29, 1.82) is 0 Å². The summed E-state index contributed by atoms with van der Waals surface area (Å²) < 4.78 is 34.3. The van der Waals surface area contributed by atoms with Gasteiger partial charge in [-0.2, -0.15) is 15.0 Å². The second kappa shape index (κ2) is 9.70. The number of rotatable bonds is 10. The van der Waals surface area contributed by atoms with Gasteiger partial charge in [-0.05, 0) is 37.1 Å². The first-order valence-corrected chi connectivity index (χ1v) is 10.9. The van der Waals surface area contributed by atoms with Gasteiger partial charge in [-0.1, -0.05) is 6.07 Å². The highest BCUT2D eigenvalue weighted by Crippen LogP contribution is 2.36. The van der Waals surface area contributed by atoms with Crippen molar-refractivity contribution in [2.45, 2.75) is 26.0 Å². The summed E-state index contributed by atoms with van der Waals surface area (Å²) in [6.07, 6.45) is 0. The Morgan fingerprint density at radius 2 is 1.91 bits per heavy atom. The Bertz CT molecular complexity index is 1130. The Labute approximate surface area is 184 Å². The molecule has 0 radical (unpaired) electrons. The molecule has 0 fully saturated rings. The van der Waals surface area contributed by atoms with Gasteiger partial charge in [-0.15, -0.1) is 0 Å². The summed E-state index contributed by atoms with van der Waals surface area (Å²) >= 11 is 0. The third-order valence-corrected chi connectivity index (χ3v) is 5.34. The van der Waals surface area contributed by atoms with Gasteiger partial charge in [0, 0.05) is 0 Å². The Morgan fingerprint density at radius 3 is 2.53 bits per heavy atom. The maximum absolute atomic E-state index is 11.3. The third-order valence-electron chi connectivity index (χ3n) is 4.65. The van der Waals surface area contributed by atoms with Gasteiger partial charge in [0.15, 0.2) is 17.0 Å². The van der Waals surface area contributed by atoms with E-state index in [4.69, 9.17) is 29.6 Å². The number of nitrogens with zero attached hydrogens (tertiary/aromatic N) is 4. The van der Waals surface area contributed by atoms with E-state index in [-0.39, 0.29) is 37.6 Å².